The predicted molar refractivity (Wildman–Crippen MR) is 70.5 cm³/mol. The highest BCUT2D eigenvalue weighted by Gasteiger charge is 2.27. The first-order valence-electron chi connectivity index (χ1n) is 5.77. The summed E-state index contributed by atoms with van der Waals surface area (Å²) in [5, 5.41) is 9.18. The first-order chi connectivity index (χ1) is 8.22. The average molecular weight is 254 g/mol. The van der Waals surface area contributed by atoms with Crippen LogP contribution in [0.3, 0.4) is 0 Å². The predicted octanol–water partition coefficient (Wildman–Crippen LogP) is 2.73. The number of nitrogens with two attached hydrogens (primary N) is 1. The molecule has 0 fully saturated rings. The third-order valence-electron chi connectivity index (χ3n) is 3.52. The van der Waals surface area contributed by atoms with Crippen LogP contribution in [0.5, 0.6) is 0 Å². The van der Waals surface area contributed by atoms with Gasteiger partial charge in [0.25, 0.3) is 0 Å². The van der Waals surface area contributed by atoms with Gasteiger partial charge in [0.05, 0.1) is 11.4 Å². The molecule has 0 saturated carbocycles. The average Bonchev–Trinajstić information content (AvgIpc) is 2.30. The Bertz CT molecular complexity index is 472. The van der Waals surface area contributed by atoms with Crippen LogP contribution in [0.2, 0.25) is 0 Å². The topological polar surface area (TPSA) is 66.6 Å². The van der Waals surface area contributed by atoms with E-state index in [9.17, 15) is 14.3 Å². The normalized spacial score (nSPS) is 11.4. The van der Waals surface area contributed by atoms with Crippen molar-refractivity contribution in [2.24, 2.45) is 0 Å². The number of benzene rings is 1. The number of hydrogen-bond acceptors (Lipinski definition) is 3. The Labute approximate surface area is 106 Å². The van der Waals surface area contributed by atoms with E-state index in [2.05, 4.69) is 0 Å². The summed E-state index contributed by atoms with van der Waals surface area (Å²) in [6.45, 7) is 5.97. The van der Waals surface area contributed by atoms with Gasteiger partial charge in [-0.05, 0) is 32.4 Å². The highest BCUT2D eigenvalue weighted by Crippen LogP contribution is 2.32. The second-order valence-corrected chi connectivity index (χ2v) is 4.89. The van der Waals surface area contributed by atoms with E-state index in [1.54, 1.807) is 7.05 Å². The Morgan fingerprint density at radius 2 is 2.06 bits per heavy atom. The second kappa shape index (κ2) is 4.84. The number of rotatable bonds is 4. The van der Waals surface area contributed by atoms with Crippen LogP contribution < -0.4 is 10.6 Å². The van der Waals surface area contributed by atoms with E-state index in [0.29, 0.717) is 5.69 Å². The molecule has 18 heavy (non-hydrogen) atoms. The van der Waals surface area contributed by atoms with Gasteiger partial charge in [0.15, 0.2) is 0 Å². The van der Waals surface area contributed by atoms with Gasteiger partial charge in [-0.25, -0.2) is 9.18 Å². The fourth-order valence-corrected chi connectivity index (χ4v) is 1.65. The highest BCUT2D eigenvalue weighted by atomic mass is 19.1. The molecular weight excluding hydrogens is 235 g/mol. The number of aromatic carboxylic acids is 1. The van der Waals surface area contributed by atoms with Crippen LogP contribution in [0.25, 0.3) is 0 Å². The molecule has 0 unspecified atom stereocenters. The Hall–Kier alpha value is -1.78. The van der Waals surface area contributed by atoms with Crippen molar-refractivity contribution >= 4 is 17.3 Å². The first-order valence-corrected chi connectivity index (χ1v) is 5.77. The van der Waals surface area contributed by atoms with Crippen LogP contribution >= 0.6 is 0 Å². The smallest absolute Gasteiger partial charge is 0.340 e. The molecule has 0 aliphatic carbocycles. The minimum Gasteiger partial charge on any atom is -0.478 e. The zero-order chi connectivity index (χ0) is 14.1. The molecule has 0 amide bonds. The maximum atomic E-state index is 13.4. The van der Waals surface area contributed by atoms with Crippen molar-refractivity contribution in [3.8, 4) is 0 Å². The van der Waals surface area contributed by atoms with Crippen LogP contribution in [-0.2, 0) is 0 Å². The molecule has 1 rings (SSSR count). The summed E-state index contributed by atoms with van der Waals surface area (Å²) in [6, 6.07) is 2.64. The number of nitrogen functional groups attached to an aromatic ring is 1. The molecule has 4 nitrogen and oxygen atoms in total. The summed E-state index contributed by atoms with van der Waals surface area (Å²) in [6.07, 6.45) is 0.819. The van der Waals surface area contributed by atoms with Gasteiger partial charge in [0.2, 0.25) is 0 Å². The number of carboxylic acids is 1. The van der Waals surface area contributed by atoms with E-state index in [-0.39, 0.29) is 16.8 Å². The second-order valence-electron chi connectivity index (χ2n) is 4.89. The molecule has 0 aromatic heterocycles. The summed E-state index contributed by atoms with van der Waals surface area (Å²) in [5.74, 6) is -1.93. The summed E-state index contributed by atoms with van der Waals surface area (Å²) >= 11 is 0. The molecule has 1 aromatic rings. The van der Waals surface area contributed by atoms with Gasteiger partial charge >= 0.3 is 5.97 Å². The van der Waals surface area contributed by atoms with Gasteiger partial charge in [-0.3, -0.25) is 0 Å². The molecule has 0 aliphatic heterocycles. The Kier molecular flexibility index (Phi) is 3.84. The lowest BCUT2D eigenvalue weighted by atomic mass is 9.97. The Morgan fingerprint density at radius 1 is 1.50 bits per heavy atom. The Morgan fingerprint density at radius 3 is 2.50 bits per heavy atom. The number of carboxylic acid groups (broad SMARTS) is 1. The zero-order valence-corrected chi connectivity index (χ0v) is 11.1. The largest absolute Gasteiger partial charge is 0.478 e. The number of halogens is 1. The SMILES string of the molecule is CCC(C)(C)N(C)c1ccc(F)c(N)c1C(=O)O. The Balaban J connectivity index is 3.42. The van der Waals surface area contributed by atoms with E-state index in [4.69, 9.17) is 5.73 Å². The number of carbonyl (C=O) groups is 1. The lowest BCUT2D eigenvalue weighted by Gasteiger charge is -2.37. The van der Waals surface area contributed by atoms with Crippen molar-refractivity contribution in [2.75, 3.05) is 17.7 Å². The fraction of sp³-hybridized carbons (Fsp3) is 0.462. The van der Waals surface area contributed by atoms with Gasteiger partial charge in [0, 0.05) is 12.6 Å². The van der Waals surface area contributed by atoms with Crippen molar-refractivity contribution in [3.05, 3.63) is 23.5 Å². The lowest BCUT2D eigenvalue weighted by Crippen LogP contribution is -2.41. The quantitative estimate of drug-likeness (QED) is 0.811. The number of anilines is 2. The van der Waals surface area contributed by atoms with Crippen molar-refractivity contribution in [1.29, 1.82) is 0 Å². The highest BCUT2D eigenvalue weighted by molar-refractivity contribution is 6.00. The minimum atomic E-state index is -1.22. The molecule has 1 aromatic carbocycles. The van der Waals surface area contributed by atoms with Crippen molar-refractivity contribution in [3.63, 3.8) is 0 Å². The molecule has 0 aliphatic rings. The molecule has 0 heterocycles. The van der Waals surface area contributed by atoms with Crippen LogP contribution in [0, 0.1) is 5.82 Å². The summed E-state index contributed by atoms with van der Waals surface area (Å²) in [7, 11) is 1.78. The number of hydrogen-bond donors (Lipinski definition) is 2. The van der Waals surface area contributed by atoms with Crippen LogP contribution in [0.4, 0.5) is 15.8 Å². The molecule has 0 atom stereocenters. The summed E-state index contributed by atoms with van der Waals surface area (Å²) in [4.78, 5) is 13.1. The molecule has 0 spiro atoms. The van der Waals surface area contributed by atoms with E-state index in [1.165, 1.54) is 12.1 Å². The third kappa shape index (κ3) is 2.39. The standard InChI is InChI=1S/C13H19FN2O2/c1-5-13(2,3)16(4)9-7-6-8(14)11(15)10(9)12(17)18/h6-7H,5,15H2,1-4H3,(H,17,18). The maximum Gasteiger partial charge on any atom is 0.340 e. The van der Waals surface area contributed by atoms with E-state index in [0.717, 1.165) is 6.42 Å². The maximum absolute atomic E-state index is 13.4. The van der Waals surface area contributed by atoms with Crippen LogP contribution in [0.1, 0.15) is 37.6 Å². The first kappa shape index (κ1) is 14.3. The molecular formula is C13H19FN2O2. The van der Waals surface area contributed by atoms with Gasteiger partial charge in [-0.15, -0.1) is 0 Å². The van der Waals surface area contributed by atoms with E-state index < -0.39 is 11.8 Å². The van der Waals surface area contributed by atoms with Gasteiger partial charge in [-0.1, -0.05) is 6.92 Å². The molecule has 3 N–H and O–H groups in total. The van der Waals surface area contributed by atoms with E-state index in [1.807, 2.05) is 25.7 Å². The summed E-state index contributed by atoms with van der Waals surface area (Å²) < 4.78 is 13.4. The lowest BCUT2D eigenvalue weighted by molar-refractivity contribution is 0.0698. The monoisotopic (exact) mass is 254 g/mol. The van der Waals surface area contributed by atoms with Crippen molar-refractivity contribution in [1.82, 2.24) is 0 Å². The molecule has 0 radical (unpaired) electrons. The molecule has 0 saturated heterocycles. The van der Waals surface area contributed by atoms with Gasteiger partial charge in [0.1, 0.15) is 11.4 Å². The van der Waals surface area contributed by atoms with Crippen molar-refractivity contribution in [2.45, 2.75) is 32.7 Å². The van der Waals surface area contributed by atoms with Crippen LogP contribution in [-0.4, -0.2) is 23.7 Å². The zero-order valence-electron chi connectivity index (χ0n) is 11.1. The van der Waals surface area contributed by atoms with Gasteiger partial charge in [-0.2, -0.15) is 0 Å². The fourth-order valence-electron chi connectivity index (χ4n) is 1.65. The molecule has 0 bridgehead atoms. The molecule has 5 heteroatoms. The van der Waals surface area contributed by atoms with E-state index >= 15 is 0 Å². The molecule has 100 valence electrons. The van der Waals surface area contributed by atoms with Crippen LogP contribution in [0.15, 0.2) is 12.1 Å². The third-order valence-corrected chi connectivity index (χ3v) is 3.52. The van der Waals surface area contributed by atoms with Crippen molar-refractivity contribution < 1.29 is 14.3 Å². The number of nitrogens with zero attached hydrogens (tertiary/aromatic N) is 1. The summed E-state index contributed by atoms with van der Waals surface area (Å²) in [5.41, 5.74) is 5.21. The van der Waals surface area contributed by atoms with Gasteiger partial charge < -0.3 is 15.7 Å². The minimum absolute atomic E-state index is 0.181.